The lowest BCUT2D eigenvalue weighted by Crippen LogP contribution is -2.38. The van der Waals surface area contributed by atoms with Crippen molar-refractivity contribution in [2.24, 2.45) is 23.7 Å². The molecule has 6 atom stereocenters. The van der Waals surface area contributed by atoms with Crippen LogP contribution < -0.4 is 0 Å². The summed E-state index contributed by atoms with van der Waals surface area (Å²) in [6.45, 7) is 12.4. The van der Waals surface area contributed by atoms with Gasteiger partial charge in [0.25, 0.3) is 0 Å². The highest BCUT2D eigenvalue weighted by molar-refractivity contribution is 7.99. The topological polar surface area (TPSA) is 43.7 Å². The van der Waals surface area contributed by atoms with Crippen molar-refractivity contribution in [1.29, 1.82) is 0 Å². The van der Waals surface area contributed by atoms with Crippen molar-refractivity contribution in [1.82, 2.24) is 4.90 Å². The van der Waals surface area contributed by atoms with E-state index in [2.05, 4.69) is 70.5 Å². The Hall–Kier alpha value is -0.290. The SMILES string of the molecule is CCCC[C@H](C)C[C@H](O)C=C[C@@H]1[C@H]2CC(CSCCCN(C)C(C)(C)C)=C[C@H]2C[C@H]1O. The third kappa shape index (κ3) is 8.87. The summed E-state index contributed by atoms with van der Waals surface area (Å²) < 4.78 is 0. The Labute approximate surface area is 196 Å². The molecule has 0 aromatic rings. The van der Waals surface area contributed by atoms with Crippen molar-refractivity contribution in [3.8, 4) is 0 Å². The lowest BCUT2D eigenvalue weighted by Gasteiger charge is -2.31. The Bertz CT molecular complexity index is 582. The standard InChI is InChI=1S/C27H49NO2S/c1-7-8-10-20(2)15-23(29)11-12-24-25-17-21(16-22(25)18-26(24)30)19-31-14-9-13-28(6)27(3,4)5/h11-12,16,20,22-26,29-30H,7-10,13-15,17-19H2,1-6H3/t20-,22-,23+,24+,25-,26+/m0/s1. The van der Waals surface area contributed by atoms with Crippen LogP contribution in [0.2, 0.25) is 0 Å². The first kappa shape index (κ1) is 27.0. The molecule has 0 spiro atoms. The average Bonchev–Trinajstić information content (AvgIpc) is 3.19. The van der Waals surface area contributed by atoms with Crippen molar-refractivity contribution < 1.29 is 10.2 Å². The van der Waals surface area contributed by atoms with Crippen molar-refractivity contribution in [3.05, 3.63) is 23.8 Å². The van der Waals surface area contributed by atoms with Gasteiger partial charge in [-0.15, -0.1) is 0 Å². The van der Waals surface area contributed by atoms with Crippen LogP contribution in [0.5, 0.6) is 0 Å². The molecule has 2 rings (SSSR count). The number of aliphatic hydroxyl groups excluding tert-OH is 2. The van der Waals surface area contributed by atoms with Crippen LogP contribution in [-0.2, 0) is 0 Å². The third-order valence-electron chi connectivity index (χ3n) is 7.41. The van der Waals surface area contributed by atoms with Gasteiger partial charge in [0.1, 0.15) is 0 Å². The van der Waals surface area contributed by atoms with Gasteiger partial charge in [-0.25, -0.2) is 0 Å². The van der Waals surface area contributed by atoms with Gasteiger partial charge in [0.05, 0.1) is 12.2 Å². The number of unbranched alkanes of at least 4 members (excludes halogenated alkanes) is 1. The van der Waals surface area contributed by atoms with Gasteiger partial charge in [-0.2, -0.15) is 11.8 Å². The minimum atomic E-state index is -0.381. The maximum Gasteiger partial charge on any atom is 0.0723 e. The Morgan fingerprint density at radius 3 is 2.71 bits per heavy atom. The maximum atomic E-state index is 10.6. The van der Waals surface area contributed by atoms with Crippen LogP contribution in [0.4, 0.5) is 0 Å². The molecule has 31 heavy (non-hydrogen) atoms. The van der Waals surface area contributed by atoms with E-state index in [1.807, 2.05) is 6.08 Å². The fourth-order valence-electron chi connectivity index (χ4n) is 5.07. The molecule has 0 heterocycles. The highest BCUT2D eigenvalue weighted by atomic mass is 32.2. The fourth-order valence-corrected chi connectivity index (χ4v) is 6.03. The predicted molar refractivity (Wildman–Crippen MR) is 137 cm³/mol. The number of hydrogen-bond acceptors (Lipinski definition) is 4. The number of rotatable bonds is 13. The van der Waals surface area contributed by atoms with E-state index in [0.717, 1.165) is 31.6 Å². The molecule has 2 aliphatic carbocycles. The zero-order valence-electron chi connectivity index (χ0n) is 21.0. The Morgan fingerprint density at radius 2 is 2.03 bits per heavy atom. The van der Waals surface area contributed by atoms with E-state index in [4.69, 9.17) is 0 Å². The summed E-state index contributed by atoms with van der Waals surface area (Å²) in [6.07, 6.45) is 13.6. The lowest BCUT2D eigenvalue weighted by atomic mass is 9.88. The zero-order valence-corrected chi connectivity index (χ0v) is 21.8. The summed E-state index contributed by atoms with van der Waals surface area (Å²) in [5.74, 6) is 4.15. The van der Waals surface area contributed by atoms with Crippen LogP contribution in [0.15, 0.2) is 23.8 Å². The van der Waals surface area contributed by atoms with Crippen LogP contribution in [0, 0.1) is 23.7 Å². The van der Waals surface area contributed by atoms with Crippen molar-refractivity contribution in [3.63, 3.8) is 0 Å². The molecular formula is C27H49NO2S. The van der Waals surface area contributed by atoms with E-state index in [0.29, 0.717) is 17.8 Å². The number of hydrogen-bond donors (Lipinski definition) is 2. The van der Waals surface area contributed by atoms with Gasteiger partial charge >= 0.3 is 0 Å². The number of fused-ring (bicyclic) bond motifs is 1. The molecule has 0 bridgehead atoms. The van der Waals surface area contributed by atoms with E-state index in [1.54, 1.807) is 5.57 Å². The molecule has 4 heteroatoms. The minimum Gasteiger partial charge on any atom is -0.392 e. The van der Waals surface area contributed by atoms with Crippen molar-refractivity contribution in [2.45, 2.75) is 97.3 Å². The molecule has 2 aliphatic rings. The molecular weight excluding hydrogens is 402 g/mol. The van der Waals surface area contributed by atoms with Crippen LogP contribution in [0.25, 0.3) is 0 Å². The van der Waals surface area contributed by atoms with Gasteiger partial charge in [-0.05, 0) is 83.6 Å². The van der Waals surface area contributed by atoms with Gasteiger partial charge in [0, 0.05) is 17.2 Å². The molecule has 0 radical (unpaired) electrons. The van der Waals surface area contributed by atoms with Gasteiger partial charge in [0.15, 0.2) is 0 Å². The smallest absolute Gasteiger partial charge is 0.0723 e. The molecule has 1 fully saturated rings. The first-order chi connectivity index (χ1) is 14.6. The molecule has 2 N–H and O–H groups in total. The maximum absolute atomic E-state index is 10.6. The van der Waals surface area contributed by atoms with Crippen LogP contribution >= 0.6 is 11.8 Å². The summed E-state index contributed by atoms with van der Waals surface area (Å²) in [5.41, 5.74) is 1.82. The second-order valence-electron chi connectivity index (χ2n) is 11.2. The van der Waals surface area contributed by atoms with Crippen molar-refractivity contribution >= 4 is 11.8 Å². The summed E-state index contributed by atoms with van der Waals surface area (Å²) in [6, 6.07) is 0. The summed E-state index contributed by atoms with van der Waals surface area (Å²) in [7, 11) is 2.22. The van der Waals surface area contributed by atoms with E-state index in [1.165, 1.54) is 31.4 Å². The van der Waals surface area contributed by atoms with Crippen LogP contribution in [0.3, 0.4) is 0 Å². The molecule has 0 unspecified atom stereocenters. The molecule has 0 aromatic heterocycles. The second-order valence-corrected chi connectivity index (χ2v) is 12.3. The first-order valence-corrected chi connectivity index (χ1v) is 13.8. The summed E-state index contributed by atoms with van der Waals surface area (Å²) in [5, 5.41) is 21.0. The van der Waals surface area contributed by atoms with Crippen molar-refractivity contribution in [2.75, 3.05) is 25.1 Å². The second kappa shape index (κ2) is 12.8. The molecule has 0 aliphatic heterocycles. The zero-order chi connectivity index (χ0) is 23.0. The highest BCUT2D eigenvalue weighted by Crippen LogP contribution is 2.47. The number of thioether (sulfide) groups is 1. The highest BCUT2D eigenvalue weighted by Gasteiger charge is 2.43. The predicted octanol–water partition coefficient (Wildman–Crippen LogP) is 5.92. The molecule has 3 nitrogen and oxygen atoms in total. The fraction of sp³-hybridized carbons (Fsp3) is 0.852. The van der Waals surface area contributed by atoms with Crippen LogP contribution in [0.1, 0.15) is 79.6 Å². The third-order valence-corrected chi connectivity index (χ3v) is 8.57. The first-order valence-electron chi connectivity index (χ1n) is 12.6. The summed E-state index contributed by atoms with van der Waals surface area (Å²) in [4.78, 5) is 2.43. The van der Waals surface area contributed by atoms with Gasteiger partial charge in [0.2, 0.25) is 0 Å². The van der Waals surface area contributed by atoms with E-state index in [-0.39, 0.29) is 23.7 Å². The Balaban J connectivity index is 1.72. The van der Waals surface area contributed by atoms with Gasteiger partial charge in [-0.1, -0.05) is 56.9 Å². The van der Waals surface area contributed by atoms with Crippen LogP contribution in [-0.4, -0.2) is 58.0 Å². The lowest BCUT2D eigenvalue weighted by molar-refractivity contribution is 0.139. The Morgan fingerprint density at radius 1 is 1.29 bits per heavy atom. The normalized spacial score (nSPS) is 28.4. The number of allylic oxidation sites excluding steroid dienone is 1. The molecule has 180 valence electrons. The largest absolute Gasteiger partial charge is 0.392 e. The van der Waals surface area contributed by atoms with Gasteiger partial charge in [-0.3, -0.25) is 0 Å². The summed E-state index contributed by atoms with van der Waals surface area (Å²) >= 11 is 2.06. The van der Waals surface area contributed by atoms with Gasteiger partial charge < -0.3 is 15.1 Å². The molecule has 0 amide bonds. The minimum absolute atomic E-state index is 0.199. The van der Waals surface area contributed by atoms with E-state index < -0.39 is 0 Å². The molecule has 0 aromatic carbocycles. The quantitative estimate of drug-likeness (QED) is 0.270. The average molecular weight is 452 g/mol. The molecule has 1 saturated carbocycles. The Kier molecular flexibility index (Phi) is 11.1. The van der Waals surface area contributed by atoms with E-state index in [9.17, 15) is 10.2 Å². The number of aliphatic hydroxyl groups is 2. The van der Waals surface area contributed by atoms with E-state index >= 15 is 0 Å². The molecule has 0 saturated heterocycles. The monoisotopic (exact) mass is 451 g/mol. The number of nitrogens with zero attached hydrogens (tertiary/aromatic N) is 1.